The number of fused-ring (bicyclic) bond motifs is 1. The third-order valence-electron chi connectivity index (χ3n) is 5.93. The van der Waals surface area contributed by atoms with Crippen LogP contribution in [0.4, 0.5) is 0 Å². The van der Waals surface area contributed by atoms with Gasteiger partial charge in [0.15, 0.2) is 0 Å². The first-order chi connectivity index (χ1) is 12.1. The molecular formula is C23H26N2. The highest BCUT2D eigenvalue weighted by Gasteiger charge is 2.31. The second-order valence-corrected chi connectivity index (χ2v) is 7.73. The van der Waals surface area contributed by atoms with Crippen molar-refractivity contribution in [2.45, 2.75) is 32.1 Å². The Morgan fingerprint density at radius 2 is 1.64 bits per heavy atom. The molecule has 0 amide bonds. The van der Waals surface area contributed by atoms with Gasteiger partial charge in [0.05, 0.1) is 5.52 Å². The van der Waals surface area contributed by atoms with Crippen LogP contribution in [0.2, 0.25) is 0 Å². The number of pyridine rings is 1. The molecule has 4 rings (SSSR count). The van der Waals surface area contributed by atoms with Crippen molar-refractivity contribution >= 4 is 10.9 Å². The maximum absolute atomic E-state index is 4.41. The fourth-order valence-electron chi connectivity index (χ4n) is 4.13. The largest absolute Gasteiger partial charge is 0.317 e. The summed E-state index contributed by atoms with van der Waals surface area (Å²) in [7, 11) is 0. The lowest BCUT2D eigenvalue weighted by Gasteiger charge is -2.38. The molecular weight excluding hydrogens is 304 g/mol. The molecule has 1 aliphatic rings. The average molecular weight is 330 g/mol. The Balaban J connectivity index is 1.62. The number of nitrogens with zero attached hydrogens (tertiary/aromatic N) is 1. The van der Waals surface area contributed by atoms with E-state index in [0.717, 1.165) is 24.5 Å². The lowest BCUT2D eigenvalue weighted by atomic mass is 9.69. The van der Waals surface area contributed by atoms with Crippen molar-refractivity contribution in [3.05, 3.63) is 66.4 Å². The topological polar surface area (TPSA) is 24.9 Å². The zero-order valence-electron chi connectivity index (χ0n) is 15.1. The van der Waals surface area contributed by atoms with Crippen LogP contribution >= 0.6 is 0 Å². The van der Waals surface area contributed by atoms with Gasteiger partial charge in [-0.15, -0.1) is 0 Å². The maximum Gasteiger partial charge on any atom is 0.0702 e. The minimum absolute atomic E-state index is 0.230. The van der Waals surface area contributed by atoms with Gasteiger partial charge in [-0.2, -0.15) is 0 Å². The molecule has 25 heavy (non-hydrogen) atoms. The molecule has 0 spiro atoms. The molecule has 0 atom stereocenters. The fraction of sp³-hybridized carbons (Fsp3) is 0.348. The van der Waals surface area contributed by atoms with E-state index in [-0.39, 0.29) is 5.41 Å². The van der Waals surface area contributed by atoms with Crippen molar-refractivity contribution in [1.29, 1.82) is 0 Å². The van der Waals surface area contributed by atoms with E-state index >= 15 is 0 Å². The van der Waals surface area contributed by atoms with Crippen LogP contribution in [-0.4, -0.2) is 18.1 Å². The number of rotatable bonds is 3. The van der Waals surface area contributed by atoms with Crippen LogP contribution in [0.1, 0.15) is 32.3 Å². The predicted molar refractivity (Wildman–Crippen MR) is 106 cm³/mol. The van der Waals surface area contributed by atoms with E-state index in [0.29, 0.717) is 0 Å². The molecule has 2 heterocycles. The molecule has 0 unspecified atom stereocenters. The lowest BCUT2D eigenvalue weighted by Crippen LogP contribution is -2.38. The normalized spacial score (nSPS) is 16.2. The van der Waals surface area contributed by atoms with Crippen LogP contribution in [0.3, 0.4) is 0 Å². The van der Waals surface area contributed by atoms with E-state index in [1.54, 1.807) is 0 Å². The minimum Gasteiger partial charge on any atom is -0.317 e. The Morgan fingerprint density at radius 1 is 0.920 bits per heavy atom. The summed E-state index contributed by atoms with van der Waals surface area (Å²) in [6.07, 6.45) is 4.39. The quantitative estimate of drug-likeness (QED) is 0.716. The summed E-state index contributed by atoms with van der Waals surface area (Å²) in [5.74, 6) is 0.756. The van der Waals surface area contributed by atoms with Gasteiger partial charge in [0.1, 0.15) is 0 Å². The first kappa shape index (κ1) is 16.3. The molecule has 1 N–H and O–H groups in total. The SMILES string of the molecule is CC(C)(c1ccc(-c2ccc3ncccc3c2)cc1)C1CCNCC1. The Labute approximate surface area is 150 Å². The summed E-state index contributed by atoms with van der Waals surface area (Å²) in [6.45, 7) is 7.11. The molecule has 0 saturated carbocycles. The molecule has 0 bridgehead atoms. The number of hydrogen-bond acceptors (Lipinski definition) is 2. The third kappa shape index (κ3) is 3.19. The van der Waals surface area contributed by atoms with Gasteiger partial charge < -0.3 is 5.32 Å². The molecule has 1 saturated heterocycles. The van der Waals surface area contributed by atoms with Gasteiger partial charge in [-0.05, 0) is 72.2 Å². The third-order valence-corrected chi connectivity index (χ3v) is 5.93. The van der Waals surface area contributed by atoms with Gasteiger partial charge in [0.25, 0.3) is 0 Å². The Hall–Kier alpha value is -2.19. The molecule has 3 aromatic rings. The highest BCUT2D eigenvalue weighted by Crippen LogP contribution is 2.37. The summed E-state index contributed by atoms with van der Waals surface area (Å²) in [4.78, 5) is 4.41. The van der Waals surface area contributed by atoms with Crippen LogP contribution in [0.5, 0.6) is 0 Å². The Morgan fingerprint density at radius 3 is 2.40 bits per heavy atom. The first-order valence-corrected chi connectivity index (χ1v) is 9.31. The predicted octanol–water partition coefficient (Wildman–Crippen LogP) is 5.18. The molecule has 2 nitrogen and oxygen atoms in total. The van der Waals surface area contributed by atoms with Crippen LogP contribution in [0, 0.1) is 5.92 Å². The monoisotopic (exact) mass is 330 g/mol. The molecule has 1 fully saturated rings. The van der Waals surface area contributed by atoms with Crippen molar-refractivity contribution in [3.63, 3.8) is 0 Å². The number of piperidine rings is 1. The van der Waals surface area contributed by atoms with Gasteiger partial charge in [-0.3, -0.25) is 4.98 Å². The van der Waals surface area contributed by atoms with E-state index < -0.39 is 0 Å². The molecule has 2 aromatic carbocycles. The van der Waals surface area contributed by atoms with Crippen LogP contribution < -0.4 is 5.32 Å². The van der Waals surface area contributed by atoms with Gasteiger partial charge in [-0.25, -0.2) is 0 Å². The van der Waals surface area contributed by atoms with Crippen LogP contribution in [-0.2, 0) is 5.41 Å². The molecule has 0 radical (unpaired) electrons. The summed E-state index contributed by atoms with van der Waals surface area (Å²) >= 11 is 0. The second-order valence-electron chi connectivity index (χ2n) is 7.73. The van der Waals surface area contributed by atoms with Gasteiger partial charge in [0, 0.05) is 11.6 Å². The lowest BCUT2D eigenvalue weighted by molar-refractivity contribution is 0.247. The van der Waals surface area contributed by atoms with Gasteiger partial charge in [0.2, 0.25) is 0 Å². The van der Waals surface area contributed by atoms with E-state index in [1.165, 1.54) is 34.9 Å². The highest BCUT2D eigenvalue weighted by atomic mass is 14.9. The highest BCUT2D eigenvalue weighted by molar-refractivity contribution is 5.84. The fourth-order valence-corrected chi connectivity index (χ4v) is 4.13. The number of hydrogen-bond donors (Lipinski definition) is 1. The maximum atomic E-state index is 4.41. The number of benzene rings is 2. The van der Waals surface area contributed by atoms with Crippen molar-refractivity contribution in [2.75, 3.05) is 13.1 Å². The van der Waals surface area contributed by atoms with Crippen LogP contribution in [0.25, 0.3) is 22.0 Å². The molecule has 2 heteroatoms. The van der Waals surface area contributed by atoms with E-state index in [1.807, 2.05) is 12.3 Å². The van der Waals surface area contributed by atoms with Gasteiger partial charge >= 0.3 is 0 Å². The smallest absolute Gasteiger partial charge is 0.0702 e. The van der Waals surface area contributed by atoms with Gasteiger partial charge in [-0.1, -0.05) is 50.2 Å². The first-order valence-electron chi connectivity index (χ1n) is 9.31. The van der Waals surface area contributed by atoms with Crippen molar-refractivity contribution < 1.29 is 0 Å². The summed E-state index contributed by atoms with van der Waals surface area (Å²) in [5, 5.41) is 4.67. The van der Waals surface area contributed by atoms with E-state index in [9.17, 15) is 0 Å². The van der Waals surface area contributed by atoms with Crippen molar-refractivity contribution in [3.8, 4) is 11.1 Å². The van der Waals surface area contributed by atoms with E-state index in [4.69, 9.17) is 0 Å². The Kier molecular flexibility index (Phi) is 4.30. The van der Waals surface area contributed by atoms with Crippen molar-refractivity contribution in [2.24, 2.45) is 5.92 Å². The van der Waals surface area contributed by atoms with E-state index in [2.05, 4.69) is 72.7 Å². The molecule has 128 valence electrons. The average Bonchev–Trinajstić information content (AvgIpc) is 2.68. The zero-order valence-corrected chi connectivity index (χ0v) is 15.1. The summed E-state index contributed by atoms with van der Waals surface area (Å²) < 4.78 is 0. The van der Waals surface area contributed by atoms with Crippen molar-refractivity contribution in [1.82, 2.24) is 10.3 Å². The minimum atomic E-state index is 0.230. The zero-order chi connectivity index (χ0) is 17.3. The number of aromatic nitrogens is 1. The molecule has 1 aromatic heterocycles. The van der Waals surface area contributed by atoms with Crippen LogP contribution in [0.15, 0.2) is 60.8 Å². The summed E-state index contributed by atoms with van der Waals surface area (Å²) in [5.41, 5.74) is 5.26. The molecule has 1 aliphatic heterocycles. The second kappa shape index (κ2) is 6.61. The molecule has 0 aliphatic carbocycles. The standard InChI is InChI=1S/C23H26N2/c1-23(2,21-11-14-24-15-12-21)20-8-5-17(6-9-20)18-7-10-22-19(16-18)4-3-13-25-22/h3-10,13,16,21,24H,11-12,14-15H2,1-2H3. The summed E-state index contributed by atoms with van der Waals surface area (Å²) in [6, 6.07) is 19.8. The Bertz CT molecular complexity index is 859. The number of nitrogens with one attached hydrogen (secondary N) is 1.